The lowest BCUT2D eigenvalue weighted by Crippen LogP contribution is -2.52. The summed E-state index contributed by atoms with van der Waals surface area (Å²) in [6, 6.07) is 9.47. The number of nitrogens with zero attached hydrogens (tertiary/aromatic N) is 3. The number of amides is 2. The highest BCUT2D eigenvalue weighted by atomic mass is 19.1. The number of ether oxygens (including phenoxy) is 2. The first-order valence-electron chi connectivity index (χ1n) is 10.1. The summed E-state index contributed by atoms with van der Waals surface area (Å²) in [6.07, 6.45) is 0.260. The van der Waals surface area contributed by atoms with Gasteiger partial charge in [0.25, 0.3) is 0 Å². The predicted octanol–water partition coefficient (Wildman–Crippen LogP) is 4.77. The minimum atomic E-state index is -0.624. The first-order chi connectivity index (χ1) is 15.1. The smallest absolute Gasteiger partial charge is 0.415 e. The molecule has 1 fully saturated rings. The van der Waals surface area contributed by atoms with Crippen molar-refractivity contribution >= 4 is 24.1 Å². The normalized spacial score (nSPS) is 14.5. The van der Waals surface area contributed by atoms with Gasteiger partial charge in [-0.1, -0.05) is 0 Å². The van der Waals surface area contributed by atoms with E-state index in [1.54, 1.807) is 20.8 Å². The lowest BCUT2D eigenvalue weighted by atomic mass is 10.2. The van der Waals surface area contributed by atoms with Crippen LogP contribution in [0, 0.1) is 11.6 Å². The van der Waals surface area contributed by atoms with Crippen molar-refractivity contribution in [3.05, 3.63) is 59.7 Å². The van der Waals surface area contributed by atoms with Crippen molar-refractivity contribution in [1.29, 1.82) is 0 Å². The van der Waals surface area contributed by atoms with Crippen molar-refractivity contribution in [2.45, 2.75) is 26.4 Å². The lowest BCUT2D eigenvalue weighted by Gasteiger charge is -2.35. The molecule has 1 saturated heterocycles. The summed E-state index contributed by atoms with van der Waals surface area (Å²) in [5.74, 6) is -0.940. The van der Waals surface area contributed by atoms with Crippen LogP contribution in [0.1, 0.15) is 26.3 Å². The van der Waals surface area contributed by atoms with Crippen LogP contribution in [0.25, 0.3) is 0 Å². The molecule has 7 nitrogen and oxygen atoms in total. The highest BCUT2D eigenvalue weighted by Crippen LogP contribution is 2.19. The van der Waals surface area contributed by atoms with Crippen molar-refractivity contribution in [1.82, 2.24) is 9.80 Å². The van der Waals surface area contributed by atoms with E-state index in [1.807, 2.05) is 0 Å². The zero-order valence-corrected chi connectivity index (χ0v) is 18.2. The minimum absolute atomic E-state index is 0.0565. The molecular weight excluding hydrogens is 420 g/mol. The molecule has 0 aliphatic carbocycles. The van der Waals surface area contributed by atoms with Gasteiger partial charge in [0.05, 0.1) is 5.69 Å². The van der Waals surface area contributed by atoms with Crippen LogP contribution in [0.15, 0.2) is 47.5 Å². The number of benzene rings is 2. The Morgan fingerprint density at radius 3 is 2.09 bits per heavy atom. The molecule has 1 aliphatic rings. The fourth-order valence-electron chi connectivity index (χ4n) is 2.91. The number of halogens is 2. The molecule has 0 unspecified atom stereocenters. The van der Waals surface area contributed by atoms with Gasteiger partial charge >= 0.3 is 12.2 Å². The zero-order chi connectivity index (χ0) is 23.3. The van der Waals surface area contributed by atoms with Gasteiger partial charge in [-0.25, -0.2) is 18.4 Å². The van der Waals surface area contributed by atoms with Crippen LogP contribution in [0.4, 0.5) is 24.1 Å². The van der Waals surface area contributed by atoms with Gasteiger partial charge in [-0.15, -0.1) is 0 Å². The molecule has 0 aromatic heterocycles. The van der Waals surface area contributed by atoms with Crippen molar-refractivity contribution in [3.63, 3.8) is 0 Å². The van der Waals surface area contributed by atoms with E-state index in [4.69, 9.17) is 9.47 Å². The Balaban J connectivity index is 1.54. The summed E-state index contributed by atoms with van der Waals surface area (Å²) >= 11 is 0. The van der Waals surface area contributed by atoms with Gasteiger partial charge in [-0.3, -0.25) is 4.99 Å². The van der Waals surface area contributed by atoms with E-state index in [9.17, 15) is 18.4 Å². The molecule has 170 valence electrons. The van der Waals surface area contributed by atoms with E-state index in [2.05, 4.69) is 4.99 Å². The highest BCUT2D eigenvalue weighted by molar-refractivity contribution is 5.82. The molecule has 3 rings (SSSR count). The standard InChI is InChI=1S/C23H25F2N3O4/c1-23(2,3)32-22(30)28-12-10-27(11-13-28)21(29)31-19-9-4-16(20(25)14-19)15-26-18-7-5-17(24)6-8-18/h4-9,14-15H,10-13H2,1-3H3. The Morgan fingerprint density at radius 1 is 0.938 bits per heavy atom. The Morgan fingerprint density at radius 2 is 1.53 bits per heavy atom. The zero-order valence-electron chi connectivity index (χ0n) is 18.2. The van der Waals surface area contributed by atoms with Crippen LogP contribution in [0.3, 0.4) is 0 Å². The third-order valence-corrected chi connectivity index (χ3v) is 4.55. The molecule has 32 heavy (non-hydrogen) atoms. The van der Waals surface area contributed by atoms with Crippen LogP contribution in [0.5, 0.6) is 5.75 Å². The number of carbonyl (C=O) groups excluding carboxylic acids is 2. The molecule has 2 aromatic carbocycles. The molecule has 9 heteroatoms. The average Bonchev–Trinajstić information content (AvgIpc) is 2.73. The van der Waals surface area contributed by atoms with Crippen molar-refractivity contribution < 1.29 is 27.8 Å². The van der Waals surface area contributed by atoms with E-state index in [0.29, 0.717) is 18.8 Å². The monoisotopic (exact) mass is 445 g/mol. The van der Waals surface area contributed by atoms with Gasteiger partial charge in [0.15, 0.2) is 0 Å². The Labute approximate surface area is 185 Å². The summed E-state index contributed by atoms with van der Waals surface area (Å²) in [4.78, 5) is 31.6. The van der Waals surface area contributed by atoms with Crippen molar-refractivity contribution in [3.8, 4) is 5.75 Å². The van der Waals surface area contributed by atoms with Crippen molar-refractivity contribution in [2.24, 2.45) is 4.99 Å². The van der Waals surface area contributed by atoms with E-state index < -0.39 is 23.6 Å². The molecule has 2 amide bonds. The van der Waals surface area contributed by atoms with Crippen LogP contribution < -0.4 is 4.74 Å². The third-order valence-electron chi connectivity index (χ3n) is 4.55. The van der Waals surface area contributed by atoms with E-state index in [1.165, 1.54) is 52.4 Å². The summed E-state index contributed by atoms with van der Waals surface area (Å²) in [5.41, 5.74) is 0.0829. The van der Waals surface area contributed by atoms with E-state index in [0.717, 1.165) is 6.07 Å². The van der Waals surface area contributed by atoms with Crippen LogP contribution in [-0.2, 0) is 4.74 Å². The molecular formula is C23H25F2N3O4. The summed E-state index contributed by atoms with van der Waals surface area (Å²) < 4.78 is 37.9. The number of rotatable bonds is 3. The summed E-state index contributed by atoms with van der Waals surface area (Å²) in [6.45, 7) is 6.56. The quantitative estimate of drug-likeness (QED) is 0.639. The van der Waals surface area contributed by atoms with Gasteiger partial charge in [0.2, 0.25) is 0 Å². The van der Waals surface area contributed by atoms with E-state index in [-0.39, 0.29) is 30.2 Å². The molecule has 1 aliphatic heterocycles. The number of hydrogen-bond donors (Lipinski definition) is 0. The molecule has 1 heterocycles. The Bertz CT molecular complexity index is 995. The minimum Gasteiger partial charge on any atom is -0.444 e. The second-order valence-corrected chi connectivity index (χ2v) is 8.24. The molecule has 0 bridgehead atoms. The van der Waals surface area contributed by atoms with Gasteiger partial charge in [-0.05, 0) is 57.2 Å². The highest BCUT2D eigenvalue weighted by Gasteiger charge is 2.28. The number of carbonyl (C=O) groups is 2. The van der Waals surface area contributed by atoms with E-state index >= 15 is 0 Å². The molecule has 0 atom stereocenters. The first-order valence-corrected chi connectivity index (χ1v) is 10.1. The lowest BCUT2D eigenvalue weighted by molar-refractivity contribution is 0.0154. The maximum absolute atomic E-state index is 14.4. The van der Waals surface area contributed by atoms with Gasteiger partial charge in [0, 0.05) is 44.0 Å². The SMILES string of the molecule is CC(C)(C)OC(=O)N1CCN(C(=O)Oc2ccc(C=Nc3ccc(F)cc3)c(F)c2)CC1. The average molecular weight is 445 g/mol. The number of piperazine rings is 1. The third kappa shape index (κ3) is 6.50. The van der Waals surface area contributed by atoms with Crippen LogP contribution >= 0.6 is 0 Å². The molecule has 2 aromatic rings. The molecule has 0 radical (unpaired) electrons. The molecule has 0 N–H and O–H groups in total. The topological polar surface area (TPSA) is 71.4 Å². The summed E-state index contributed by atoms with van der Waals surface area (Å²) in [7, 11) is 0. The second-order valence-electron chi connectivity index (χ2n) is 8.24. The maximum Gasteiger partial charge on any atom is 0.415 e. The first kappa shape index (κ1) is 23.2. The summed E-state index contributed by atoms with van der Waals surface area (Å²) in [5, 5.41) is 0. The molecule has 0 saturated carbocycles. The fraction of sp³-hybridized carbons (Fsp3) is 0.348. The molecule has 0 spiro atoms. The fourth-order valence-corrected chi connectivity index (χ4v) is 2.91. The Hall–Kier alpha value is -3.49. The second kappa shape index (κ2) is 9.76. The predicted molar refractivity (Wildman–Crippen MR) is 115 cm³/mol. The van der Waals surface area contributed by atoms with Crippen LogP contribution in [-0.4, -0.2) is 60.0 Å². The van der Waals surface area contributed by atoms with Gasteiger partial charge in [0.1, 0.15) is 23.0 Å². The largest absolute Gasteiger partial charge is 0.444 e. The van der Waals surface area contributed by atoms with Crippen molar-refractivity contribution in [2.75, 3.05) is 26.2 Å². The van der Waals surface area contributed by atoms with Gasteiger partial charge in [-0.2, -0.15) is 0 Å². The number of aliphatic imine (C=N–C) groups is 1. The number of hydrogen-bond acceptors (Lipinski definition) is 5. The Kier molecular flexibility index (Phi) is 7.07. The van der Waals surface area contributed by atoms with Gasteiger partial charge < -0.3 is 19.3 Å². The maximum atomic E-state index is 14.4. The van der Waals surface area contributed by atoms with Crippen LogP contribution in [0.2, 0.25) is 0 Å².